The third kappa shape index (κ3) is 4.04. The van der Waals surface area contributed by atoms with Gasteiger partial charge in [-0.25, -0.2) is 0 Å². The zero-order valence-corrected chi connectivity index (χ0v) is 11.6. The van der Waals surface area contributed by atoms with E-state index in [2.05, 4.69) is 10.2 Å². The van der Waals surface area contributed by atoms with Gasteiger partial charge in [-0.3, -0.25) is 14.7 Å². The summed E-state index contributed by atoms with van der Waals surface area (Å²) in [5.74, 6) is -0.586. The summed E-state index contributed by atoms with van der Waals surface area (Å²) in [5.41, 5.74) is 7.36. The lowest BCUT2D eigenvalue weighted by atomic mass is 10.1. The van der Waals surface area contributed by atoms with Gasteiger partial charge in [0.25, 0.3) is 0 Å². The third-order valence-electron chi connectivity index (χ3n) is 2.96. The van der Waals surface area contributed by atoms with Gasteiger partial charge in [-0.2, -0.15) is 5.10 Å². The lowest BCUT2D eigenvalue weighted by molar-refractivity contribution is -0.125. The Morgan fingerprint density at radius 3 is 2.62 bits per heavy atom. The molecular formula is C15H16N4O2. The standard InChI is InChI=1S/C15H16N4O2/c1-19(10-12-8-17-18-9-12)14(20)7-4-11-2-5-13(6-3-11)15(16)21/h2-9H,10H2,1H3,(H2,16,21)(H,17,18). The molecule has 2 aromatic rings. The Labute approximate surface area is 122 Å². The molecule has 0 aliphatic heterocycles. The number of carbonyl (C=O) groups excluding carboxylic acids is 2. The maximum Gasteiger partial charge on any atom is 0.248 e. The van der Waals surface area contributed by atoms with E-state index in [1.807, 2.05) is 0 Å². The van der Waals surface area contributed by atoms with E-state index in [9.17, 15) is 9.59 Å². The Balaban J connectivity index is 1.96. The van der Waals surface area contributed by atoms with Gasteiger partial charge in [0.1, 0.15) is 0 Å². The van der Waals surface area contributed by atoms with E-state index in [-0.39, 0.29) is 5.91 Å². The van der Waals surface area contributed by atoms with Crippen molar-refractivity contribution in [1.29, 1.82) is 0 Å². The van der Waals surface area contributed by atoms with E-state index in [1.165, 1.54) is 6.08 Å². The van der Waals surface area contributed by atoms with E-state index in [0.29, 0.717) is 12.1 Å². The SMILES string of the molecule is CN(Cc1cn[nH]c1)C(=O)C=Cc1ccc(C(N)=O)cc1. The van der Waals surface area contributed by atoms with Crippen LogP contribution in [0.4, 0.5) is 0 Å². The van der Waals surface area contributed by atoms with Gasteiger partial charge in [-0.15, -0.1) is 0 Å². The molecule has 0 atom stereocenters. The van der Waals surface area contributed by atoms with Crippen LogP contribution in [0.5, 0.6) is 0 Å². The van der Waals surface area contributed by atoms with Crippen LogP contribution in [0.25, 0.3) is 6.08 Å². The first-order valence-corrected chi connectivity index (χ1v) is 6.37. The molecule has 108 valence electrons. The molecule has 0 aliphatic rings. The fourth-order valence-corrected chi connectivity index (χ4v) is 1.77. The van der Waals surface area contributed by atoms with E-state index >= 15 is 0 Å². The molecule has 1 aromatic heterocycles. The minimum absolute atomic E-state index is 0.116. The molecule has 1 heterocycles. The van der Waals surface area contributed by atoms with Crippen LogP contribution in [-0.2, 0) is 11.3 Å². The lowest BCUT2D eigenvalue weighted by Gasteiger charge is -2.13. The second kappa shape index (κ2) is 6.51. The Hall–Kier alpha value is -2.89. The summed E-state index contributed by atoms with van der Waals surface area (Å²) in [6, 6.07) is 6.73. The van der Waals surface area contributed by atoms with Crippen molar-refractivity contribution >= 4 is 17.9 Å². The molecule has 0 spiro atoms. The van der Waals surface area contributed by atoms with Crippen LogP contribution in [0.3, 0.4) is 0 Å². The van der Waals surface area contributed by atoms with Crippen LogP contribution in [0.1, 0.15) is 21.5 Å². The summed E-state index contributed by atoms with van der Waals surface area (Å²) in [4.78, 5) is 24.5. The Bertz CT molecular complexity index is 645. The first-order valence-electron chi connectivity index (χ1n) is 6.37. The van der Waals surface area contributed by atoms with Crippen LogP contribution >= 0.6 is 0 Å². The highest BCUT2D eigenvalue weighted by Gasteiger charge is 2.06. The van der Waals surface area contributed by atoms with Gasteiger partial charge in [-0.05, 0) is 23.8 Å². The van der Waals surface area contributed by atoms with Crippen LogP contribution in [0, 0.1) is 0 Å². The molecule has 2 rings (SSSR count). The molecule has 0 saturated carbocycles. The molecule has 0 bridgehead atoms. The minimum Gasteiger partial charge on any atom is -0.366 e. The number of amides is 2. The van der Waals surface area contributed by atoms with Crippen molar-refractivity contribution < 1.29 is 9.59 Å². The van der Waals surface area contributed by atoms with Crippen molar-refractivity contribution in [3.8, 4) is 0 Å². The number of hydrogen-bond acceptors (Lipinski definition) is 3. The molecule has 6 heteroatoms. The van der Waals surface area contributed by atoms with Crippen LogP contribution in [0.2, 0.25) is 0 Å². The Kier molecular flexibility index (Phi) is 4.50. The number of nitrogens with two attached hydrogens (primary N) is 1. The maximum absolute atomic E-state index is 12.0. The topological polar surface area (TPSA) is 92.1 Å². The molecule has 6 nitrogen and oxygen atoms in total. The Morgan fingerprint density at radius 1 is 1.33 bits per heavy atom. The average Bonchev–Trinajstić information content (AvgIpc) is 2.98. The number of likely N-dealkylation sites (N-methyl/N-ethyl adjacent to an activating group) is 1. The highest BCUT2D eigenvalue weighted by Crippen LogP contribution is 2.07. The number of rotatable bonds is 5. The predicted octanol–water partition coefficient (Wildman–Crippen LogP) is 1.18. The van der Waals surface area contributed by atoms with Gasteiger partial charge in [-0.1, -0.05) is 12.1 Å². The van der Waals surface area contributed by atoms with Crippen LogP contribution in [0.15, 0.2) is 42.7 Å². The molecule has 0 aliphatic carbocycles. The first kappa shape index (κ1) is 14.5. The third-order valence-corrected chi connectivity index (χ3v) is 2.96. The number of nitrogens with one attached hydrogen (secondary N) is 1. The summed E-state index contributed by atoms with van der Waals surface area (Å²) < 4.78 is 0. The lowest BCUT2D eigenvalue weighted by Crippen LogP contribution is -2.23. The van der Waals surface area contributed by atoms with Gasteiger partial charge >= 0.3 is 0 Å². The number of hydrogen-bond donors (Lipinski definition) is 2. The summed E-state index contributed by atoms with van der Waals surface area (Å²) in [7, 11) is 1.72. The minimum atomic E-state index is -0.471. The molecule has 0 radical (unpaired) electrons. The quantitative estimate of drug-likeness (QED) is 0.807. The van der Waals surface area contributed by atoms with E-state index < -0.39 is 5.91 Å². The normalized spacial score (nSPS) is 10.7. The molecule has 1 aromatic carbocycles. The van der Waals surface area contributed by atoms with Crippen LogP contribution in [-0.4, -0.2) is 34.0 Å². The number of benzene rings is 1. The van der Waals surface area contributed by atoms with E-state index in [0.717, 1.165) is 11.1 Å². The second-order valence-corrected chi connectivity index (χ2v) is 4.62. The molecule has 2 amide bonds. The zero-order chi connectivity index (χ0) is 15.2. The van der Waals surface area contributed by atoms with Crippen molar-refractivity contribution in [2.24, 2.45) is 5.73 Å². The van der Waals surface area contributed by atoms with Crippen LogP contribution < -0.4 is 5.73 Å². The highest BCUT2D eigenvalue weighted by molar-refractivity contribution is 5.94. The van der Waals surface area contributed by atoms with Gasteiger partial charge in [0, 0.05) is 37.0 Å². The average molecular weight is 284 g/mol. The summed E-state index contributed by atoms with van der Waals surface area (Å²) in [5, 5.41) is 6.53. The Morgan fingerprint density at radius 2 is 2.05 bits per heavy atom. The molecule has 0 saturated heterocycles. The van der Waals surface area contributed by atoms with Crippen molar-refractivity contribution in [2.45, 2.75) is 6.54 Å². The summed E-state index contributed by atoms with van der Waals surface area (Å²) in [6.07, 6.45) is 6.60. The number of primary amides is 1. The number of aromatic nitrogens is 2. The monoisotopic (exact) mass is 284 g/mol. The number of H-pyrrole nitrogens is 1. The largest absolute Gasteiger partial charge is 0.366 e. The maximum atomic E-state index is 12.0. The fraction of sp³-hybridized carbons (Fsp3) is 0.133. The highest BCUT2D eigenvalue weighted by atomic mass is 16.2. The smallest absolute Gasteiger partial charge is 0.248 e. The molecule has 3 N–H and O–H groups in total. The summed E-state index contributed by atoms with van der Waals surface area (Å²) in [6.45, 7) is 0.486. The fourth-order valence-electron chi connectivity index (χ4n) is 1.77. The van der Waals surface area contributed by atoms with Crippen molar-refractivity contribution in [3.05, 3.63) is 59.4 Å². The molecule has 0 fully saturated rings. The van der Waals surface area contributed by atoms with Crippen molar-refractivity contribution in [2.75, 3.05) is 7.05 Å². The van der Waals surface area contributed by atoms with E-state index in [4.69, 9.17) is 5.73 Å². The number of nitrogens with zero attached hydrogens (tertiary/aromatic N) is 2. The summed E-state index contributed by atoms with van der Waals surface area (Å²) >= 11 is 0. The van der Waals surface area contributed by atoms with Gasteiger partial charge in [0.2, 0.25) is 11.8 Å². The first-order chi connectivity index (χ1) is 10.1. The van der Waals surface area contributed by atoms with Gasteiger partial charge in [0.15, 0.2) is 0 Å². The van der Waals surface area contributed by atoms with E-state index in [1.54, 1.807) is 54.7 Å². The molecular weight excluding hydrogens is 268 g/mol. The second-order valence-electron chi connectivity index (χ2n) is 4.62. The van der Waals surface area contributed by atoms with Crippen molar-refractivity contribution in [1.82, 2.24) is 15.1 Å². The predicted molar refractivity (Wildman–Crippen MR) is 79.1 cm³/mol. The molecule has 0 unspecified atom stereocenters. The molecule has 21 heavy (non-hydrogen) atoms. The van der Waals surface area contributed by atoms with Gasteiger partial charge < -0.3 is 10.6 Å². The number of aromatic amines is 1. The van der Waals surface area contributed by atoms with Gasteiger partial charge in [0.05, 0.1) is 6.20 Å². The zero-order valence-electron chi connectivity index (χ0n) is 11.6. The van der Waals surface area contributed by atoms with Crippen molar-refractivity contribution in [3.63, 3.8) is 0 Å². The number of carbonyl (C=O) groups is 2.